The van der Waals surface area contributed by atoms with Gasteiger partial charge in [-0.25, -0.2) is 0 Å². The molecule has 0 aromatic heterocycles. The average Bonchev–Trinajstić information content (AvgIpc) is 2.64. The highest BCUT2D eigenvalue weighted by molar-refractivity contribution is 6.35. The first-order chi connectivity index (χ1) is 9.09. The highest BCUT2D eigenvalue weighted by Crippen LogP contribution is 2.44. The number of Topliss-reactive ketones (excluding diaryl/α,β-unsaturated/α-hetero) is 2. The third-order valence-corrected chi connectivity index (χ3v) is 4.57. The van der Waals surface area contributed by atoms with E-state index in [1.807, 2.05) is 12.2 Å². The Bertz CT molecular complexity index is 566. The van der Waals surface area contributed by atoms with Crippen LogP contribution >= 0.6 is 23.2 Å². The molecule has 0 spiro atoms. The number of hydrogen-bond acceptors (Lipinski definition) is 2. The molecule has 1 aromatic rings. The standard InChI is InChI=1S/C15H12Cl2O2/c16-8-5-6-11(12(17)7-8)13-14(18)9-3-1-2-4-10(9)15(13)19/h1-2,5-7,9-10,13H,3-4H2. The third-order valence-electron chi connectivity index (χ3n) is 4.01. The summed E-state index contributed by atoms with van der Waals surface area (Å²) in [5.41, 5.74) is 0.593. The molecule has 3 rings (SSSR count). The number of ketones is 2. The largest absolute Gasteiger partial charge is 0.298 e. The summed E-state index contributed by atoms with van der Waals surface area (Å²) in [5.74, 6) is -1.05. The zero-order chi connectivity index (χ0) is 13.6. The third kappa shape index (κ3) is 2.03. The van der Waals surface area contributed by atoms with Gasteiger partial charge in [-0.15, -0.1) is 0 Å². The molecule has 0 radical (unpaired) electrons. The molecule has 0 heterocycles. The molecule has 0 saturated heterocycles. The highest BCUT2D eigenvalue weighted by Gasteiger charge is 2.49. The topological polar surface area (TPSA) is 34.1 Å². The molecular weight excluding hydrogens is 283 g/mol. The lowest BCUT2D eigenvalue weighted by Crippen LogP contribution is -2.18. The summed E-state index contributed by atoms with van der Waals surface area (Å²) in [7, 11) is 0. The van der Waals surface area contributed by atoms with Crippen LogP contribution in [0.3, 0.4) is 0 Å². The number of allylic oxidation sites excluding steroid dienone is 2. The van der Waals surface area contributed by atoms with Crippen molar-refractivity contribution < 1.29 is 9.59 Å². The number of fused-ring (bicyclic) bond motifs is 1. The molecule has 1 aromatic carbocycles. The Morgan fingerprint density at radius 1 is 0.947 bits per heavy atom. The van der Waals surface area contributed by atoms with E-state index in [0.29, 0.717) is 28.5 Å². The molecule has 0 N–H and O–H groups in total. The Morgan fingerprint density at radius 2 is 1.53 bits per heavy atom. The Labute approximate surface area is 121 Å². The maximum Gasteiger partial charge on any atom is 0.151 e. The summed E-state index contributed by atoms with van der Waals surface area (Å²) in [6.07, 6.45) is 5.30. The van der Waals surface area contributed by atoms with Crippen molar-refractivity contribution in [3.63, 3.8) is 0 Å². The van der Waals surface area contributed by atoms with E-state index in [1.54, 1.807) is 18.2 Å². The van der Waals surface area contributed by atoms with Gasteiger partial charge in [-0.05, 0) is 30.5 Å². The maximum atomic E-state index is 12.4. The van der Waals surface area contributed by atoms with Crippen LogP contribution < -0.4 is 0 Å². The second-order valence-corrected chi connectivity index (χ2v) is 5.90. The number of rotatable bonds is 1. The smallest absolute Gasteiger partial charge is 0.151 e. The van der Waals surface area contributed by atoms with Crippen LogP contribution in [0.15, 0.2) is 30.4 Å². The number of benzene rings is 1. The predicted octanol–water partition coefficient (Wildman–Crippen LogP) is 3.81. The summed E-state index contributed by atoms with van der Waals surface area (Å²) in [5, 5.41) is 0.900. The molecular formula is C15H12Cl2O2. The van der Waals surface area contributed by atoms with Crippen molar-refractivity contribution >= 4 is 34.8 Å². The van der Waals surface area contributed by atoms with Gasteiger partial charge in [0.05, 0.1) is 0 Å². The fourth-order valence-corrected chi connectivity index (χ4v) is 3.57. The van der Waals surface area contributed by atoms with Crippen LogP contribution in [0.5, 0.6) is 0 Å². The summed E-state index contributed by atoms with van der Waals surface area (Å²) in [6, 6.07) is 4.94. The molecule has 19 heavy (non-hydrogen) atoms. The van der Waals surface area contributed by atoms with Crippen molar-refractivity contribution in [1.29, 1.82) is 0 Å². The van der Waals surface area contributed by atoms with E-state index in [9.17, 15) is 9.59 Å². The minimum Gasteiger partial charge on any atom is -0.298 e. The lowest BCUT2D eigenvalue weighted by Gasteiger charge is -2.16. The lowest BCUT2D eigenvalue weighted by molar-refractivity contribution is -0.125. The van der Waals surface area contributed by atoms with Gasteiger partial charge in [0.15, 0.2) is 11.6 Å². The fourth-order valence-electron chi connectivity index (χ4n) is 3.05. The van der Waals surface area contributed by atoms with Crippen molar-refractivity contribution in [3.05, 3.63) is 46.0 Å². The van der Waals surface area contributed by atoms with E-state index < -0.39 is 5.92 Å². The molecule has 2 unspecified atom stereocenters. The number of carbonyl (C=O) groups is 2. The SMILES string of the molecule is O=C1C(c2ccc(Cl)cc2Cl)C(=O)C2CC=CCC12. The average molecular weight is 295 g/mol. The van der Waals surface area contributed by atoms with E-state index in [2.05, 4.69) is 0 Å². The van der Waals surface area contributed by atoms with Crippen LogP contribution in [-0.4, -0.2) is 11.6 Å². The zero-order valence-corrected chi connectivity index (χ0v) is 11.6. The molecule has 2 aliphatic carbocycles. The van der Waals surface area contributed by atoms with Gasteiger partial charge in [-0.2, -0.15) is 0 Å². The number of hydrogen-bond donors (Lipinski definition) is 0. The first-order valence-corrected chi connectivity index (χ1v) is 7.02. The van der Waals surface area contributed by atoms with E-state index in [1.165, 1.54) is 0 Å². The summed E-state index contributed by atoms with van der Waals surface area (Å²) in [6.45, 7) is 0. The molecule has 0 amide bonds. The van der Waals surface area contributed by atoms with Gasteiger partial charge in [0.25, 0.3) is 0 Å². The van der Waals surface area contributed by atoms with Gasteiger partial charge >= 0.3 is 0 Å². The quantitative estimate of drug-likeness (QED) is 0.583. The fraction of sp³-hybridized carbons (Fsp3) is 0.333. The minimum atomic E-state index is -0.709. The van der Waals surface area contributed by atoms with Crippen molar-refractivity contribution in [1.82, 2.24) is 0 Å². The number of halogens is 2. The zero-order valence-electron chi connectivity index (χ0n) is 10.1. The second kappa shape index (κ2) is 4.77. The van der Waals surface area contributed by atoms with Crippen molar-refractivity contribution in [2.45, 2.75) is 18.8 Å². The molecule has 0 aliphatic heterocycles. The molecule has 0 bridgehead atoms. The Morgan fingerprint density at radius 3 is 2.05 bits per heavy atom. The van der Waals surface area contributed by atoms with Gasteiger partial charge in [0.2, 0.25) is 0 Å². The number of carbonyl (C=O) groups excluding carboxylic acids is 2. The molecule has 4 heteroatoms. The Kier molecular flexibility index (Phi) is 3.23. The van der Waals surface area contributed by atoms with E-state index in [0.717, 1.165) is 0 Å². The second-order valence-electron chi connectivity index (χ2n) is 5.06. The van der Waals surface area contributed by atoms with Gasteiger partial charge in [0.1, 0.15) is 5.92 Å². The van der Waals surface area contributed by atoms with Crippen LogP contribution in [0.1, 0.15) is 24.3 Å². The van der Waals surface area contributed by atoms with E-state index in [4.69, 9.17) is 23.2 Å². The van der Waals surface area contributed by atoms with Crippen molar-refractivity contribution in [2.75, 3.05) is 0 Å². The summed E-state index contributed by atoms with van der Waals surface area (Å²) in [4.78, 5) is 24.9. The monoisotopic (exact) mass is 294 g/mol. The maximum absolute atomic E-state index is 12.4. The molecule has 98 valence electrons. The Hall–Kier alpha value is -1.12. The van der Waals surface area contributed by atoms with Gasteiger partial charge in [-0.1, -0.05) is 41.4 Å². The van der Waals surface area contributed by atoms with Gasteiger partial charge in [0, 0.05) is 21.9 Å². The van der Waals surface area contributed by atoms with Crippen LogP contribution in [-0.2, 0) is 9.59 Å². The van der Waals surface area contributed by atoms with Crippen LogP contribution in [0.25, 0.3) is 0 Å². The van der Waals surface area contributed by atoms with Crippen LogP contribution in [0, 0.1) is 11.8 Å². The molecule has 2 nitrogen and oxygen atoms in total. The minimum absolute atomic E-state index is 0.00331. The molecule has 2 atom stereocenters. The first-order valence-electron chi connectivity index (χ1n) is 6.27. The highest BCUT2D eigenvalue weighted by atomic mass is 35.5. The van der Waals surface area contributed by atoms with Gasteiger partial charge < -0.3 is 0 Å². The predicted molar refractivity (Wildman–Crippen MR) is 74.6 cm³/mol. The van der Waals surface area contributed by atoms with Crippen LogP contribution in [0.2, 0.25) is 10.0 Å². The molecule has 2 aliphatic rings. The van der Waals surface area contributed by atoms with Crippen LogP contribution in [0.4, 0.5) is 0 Å². The lowest BCUT2D eigenvalue weighted by atomic mass is 9.85. The first kappa shape index (κ1) is 12.9. The van der Waals surface area contributed by atoms with Crippen molar-refractivity contribution in [3.8, 4) is 0 Å². The van der Waals surface area contributed by atoms with E-state index in [-0.39, 0.29) is 23.4 Å². The van der Waals surface area contributed by atoms with Gasteiger partial charge in [-0.3, -0.25) is 9.59 Å². The van der Waals surface area contributed by atoms with Crippen molar-refractivity contribution in [2.24, 2.45) is 11.8 Å². The molecule has 1 saturated carbocycles. The van der Waals surface area contributed by atoms with E-state index >= 15 is 0 Å². The Balaban J connectivity index is 2.02. The molecule has 1 fully saturated rings. The normalized spacial score (nSPS) is 29.7. The summed E-state index contributed by atoms with van der Waals surface area (Å²) >= 11 is 12.0. The summed E-state index contributed by atoms with van der Waals surface area (Å²) < 4.78 is 0.